The molecule has 1 aliphatic rings. The van der Waals surface area contributed by atoms with E-state index in [0.717, 1.165) is 16.8 Å². The predicted molar refractivity (Wildman–Crippen MR) is 75.4 cm³/mol. The van der Waals surface area contributed by atoms with Gasteiger partial charge in [0.05, 0.1) is 0 Å². The monoisotopic (exact) mass is 239 g/mol. The third kappa shape index (κ3) is 3.20. The van der Waals surface area contributed by atoms with Gasteiger partial charge in [-0.25, -0.2) is 0 Å². The highest BCUT2D eigenvalue weighted by molar-refractivity contribution is 6.04. The second-order valence-corrected chi connectivity index (χ2v) is 4.53. The molecule has 1 N–H and O–H groups in total. The molecule has 0 radical (unpaired) electrons. The van der Waals surface area contributed by atoms with Gasteiger partial charge in [0.15, 0.2) is 0 Å². The first-order valence-corrected chi connectivity index (χ1v) is 6.07. The quantitative estimate of drug-likeness (QED) is 0.836. The van der Waals surface area contributed by atoms with Crippen molar-refractivity contribution in [2.75, 3.05) is 5.32 Å². The zero-order valence-corrected chi connectivity index (χ0v) is 10.7. The minimum atomic E-state index is -0.0295. The molecule has 1 aromatic carbocycles. The van der Waals surface area contributed by atoms with Gasteiger partial charge >= 0.3 is 0 Å². The molecule has 0 saturated heterocycles. The Morgan fingerprint density at radius 2 is 1.89 bits per heavy atom. The standard InChI is InChI=1S/C16H17NO/c1-12-7-9-15(10-8-12)17-16(18)14-6-4-3-5-13(2)11-14/h3-5,7-11H,6H2,1-2H3,(H,17,18). The van der Waals surface area contributed by atoms with E-state index in [1.807, 2.05) is 62.4 Å². The first-order chi connectivity index (χ1) is 8.65. The van der Waals surface area contributed by atoms with E-state index in [1.54, 1.807) is 0 Å². The lowest BCUT2D eigenvalue weighted by Gasteiger charge is -2.07. The van der Waals surface area contributed by atoms with Crippen LogP contribution in [0.4, 0.5) is 5.69 Å². The normalized spacial score (nSPS) is 14.6. The summed E-state index contributed by atoms with van der Waals surface area (Å²) < 4.78 is 0. The molecule has 18 heavy (non-hydrogen) atoms. The van der Waals surface area contributed by atoms with Crippen molar-refractivity contribution < 1.29 is 4.79 Å². The average molecular weight is 239 g/mol. The van der Waals surface area contributed by atoms with Crippen LogP contribution in [0, 0.1) is 6.92 Å². The lowest BCUT2D eigenvalue weighted by Crippen LogP contribution is -2.14. The van der Waals surface area contributed by atoms with Crippen LogP contribution in [0.2, 0.25) is 0 Å². The zero-order valence-electron chi connectivity index (χ0n) is 10.7. The molecule has 0 saturated carbocycles. The van der Waals surface area contributed by atoms with Crippen LogP contribution in [0.25, 0.3) is 0 Å². The summed E-state index contributed by atoms with van der Waals surface area (Å²) in [5.74, 6) is -0.0295. The van der Waals surface area contributed by atoms with Gasteiger partial charge in [0.1, 0.15) is 0 Å². The Balaban J connectivity index is 2.10. The number of carbonyl (C=O) groups excluding carboxylic acids is 1. The molecule has 1 aromatic rings. The number of anilines is 1. The highest BCUT2D eigenvalue weighted by Crippen LogP contribution is 2.15. The molecule has 1 amide bonds. The van der Waals surface area contributed by atoms with Crippen molar-refractivity contribution in [3.63, 3.8) is 0 Å². The number of rotatable bonds is 2. The second kappa shape index (κ2) is 5.50. The van der Waals surface area contributed by atoms with Crippen LogP contribution in [-0.4, -0.2) is 5.91 Å². The predicted octanol–water partition coefficient (Wildman–Crippen LogP) is 3.77. The Morgan fingerprint density at radius 1 is 1.17 bits per heavy atom. The number of benzene rings is 1. The molecule has 0 heterocycles. The lowest BCUT2D eigenvalue weighted by molar-refractivity contribution is -0.112. The molecule has 0 aliphatic heterocycles. The van der Waals surface area contributed by atoms with E-state index < -0.39 is 0 Å². The number of hydrogen-bond acceptors (Lipinski definition) is 1. The Kier molecular flexibility index (Phi) is 3.78. The summed E-state index contributed by atoms with van der Waals surface area (Å²) in [6, 6.07) is 7.82. The van der Waals surface area contributed by atoms with E-state index in [4.69, 9.17) is 0 Å². The van der Waals surface area contributed by atoms with E-state index >= 15 is 0 Å². The van der Waals surface area contributed by atoms with Gasteiger partial charge < -0.3 is 5.32 Å². The maximum Gasteiger partial charge on any atom is 0.251 e. The van der Waals surface area contributed by atoms with Gasteiger partial charge in [0.2, 0.25) is 0 Å². The highest BCUT2D eigenvalue weighted by Gasteiger charge is 2.09. The van der Waals surface area contributed by atoms with E-state index in [9.17, 15) is 4.79 Å². The topological polar surface area (TPSA) is 29.1 Å². The SMILES string of the molecule is CC1=CC=CCC(C(=O)Nc2ccc(C)cc2)=C1. The van der Waals surface area contributed by atoms with Gasteiger partial charge in [0.25, 0.3) is 5.91 Å². The molecule has 1 aliphatic carbocycles. The fraction of sp³-hybridized carbons (Fsp3) is 0.188. The Hall–Kier alpha value is -2.09. The first kappa shape index (κ1) is 12.4. The van der Waals surface area contributed by atoms with Crippen molar-refractivity contribution in [1.82, 2.24) is 0 Å². The minimum absolute atomic E-state index is 0.0295. The average Bonchev–Trinajstić information content (AvgIpc) is 2.57. The summed E-state index contributed by atoms with van der Waals surface area (Å²) in [4.78, 5) is 12.1. The van der Waals surface area contributed by atoms with Crippen molar-refractivity contribution >= 4 is 11.6 Å². The van der Waals surface area contributed by atoms with Crippen molar-refractivity contribution in [1.29, 1.82) is 0 Å². The number of nitrogens with one attached hydrogen (secondary N) is 1. The summed E-state index contributed by atoms with van der Waals surface area (Å²) in [7, 11) is 0. The van der Waals surface area contributed by atoms with E-state index in [-0.39, 0.29) is 5.91 Å². The highest BCUT2D eigenvalue weighted by atomic mass is 16.1. The molecule has 2 heteroatoms. The fourth-order valence-corrected chi connectivity index (χ4v) is 1.80. The van der Waals surface area contributed by atoms with E-state index in [0.29, 0.717) is 6.42 Å². The summed E-state index contributed by atoms with van der Waals surface area (Å²) in [5.41, 5.74) is 3.90. The molecule has 0 atom stereocenters. The van der Waals surface area contributed by atoms with Crippen LogP contribution in [0.15, 0.2) is 59.7 Å². The summed E-state index contributed by atoms with van der Waals surface area (Å²) in [5, 5.41) is 2.92. The van der Waals surface area contributed by atoms with Gasteiger partial charge in [-0.05, 0) is 32.4 Å². The first-order valence-electron chi connectivity index (χ1n) is 6.07. The van der Waals surface area contributed by atoms with E-state index in [1.165, 1.54) is 5.56 Å². The molecule has 0 fully saturated rings. The molecule has 2 nitrogen and oxygen atoms in total. The van der Waals surface area contributed by atoms with Crippen LogP contribution in [0.3, 0.4) is 0 Å². The van der Waals surface area contributed by atoms with Gasteiger partial charge in [-0.15, -0.1) is 0 Å². The fourth-order valence-electron chi connectivity index (χ4n) is 1.80. The summed E-state index contributed by atoms with van der Waals surface area (Å²) in [6.07, 6.45) is 8.59. The van der Waals surface area contributed by atoms with Crippen molar-refractivity contribution in [3.05, 3.63) is 65.3 Å². The Morgan fingerprint density at radius 3 is 2.61 bits per heavy atom. The minimum Gasteiger partial charge on any atom is -0.322 e. The summed E-state index contributed by atoms with van der Waals surface area (Å²) >= 11 is 0. The largest absolute Gasteiger partial charge is 0.322 e. The van der Waals surface area contributed by atoms with Gasteiger partial charge in [-0.2, -0.15) is 0 Å². The number of carbonyl (C=O) groups is 1. The molecule has 2 rings (SSSR count). The van der Waals surface area contributed by atoms with Crippen LogP contribution in [-0.2, 0) is 4.79 Å². The van der Waals surface area contributed by atoms with Crippen LogP contribution >= 0.6 is 0 Å². The van der Waals surface area contributed by atoms with Gasteiger partial charge in [-0.1, -0.05) is 47.6 Å². The Labute approximate surface area is 108 Å². The smallest absolute Gasteiger partial charge is 0.251 e. The Bertz CT molecular complexity index is 533. The number of allylic oxidation sites excluding steroid dienone is 5. The molecule has 0 spiro atoms. The number of hydrogen-bond donors (Lipinski definition) is 1. The maximum absolute atomic E-state index is 12.1. The van der Waals surface area contributed by atoms with E-state index in [2.05, 4.69) is 5.32 Å². The molecule has 92 valence electrons. The second-order valence-electron chi connectivity index (χ2n) is 4.53. The lowest BCUT2D eigenvalue weighted by atomic mass is 10.1. The number of aryl methyl sites for hydroxylation is 1. The molecule has 0 bridgehead atoms. The zero-order chi connectivity index (χ0) is 13.0. The third-order valence-electron chi connectivity index (χ3n) is 2.84. The van der Waals surface area contributed by atoms with Gasteiger partial charge in [0, 0.05) is 11.3 Å². The van der Waals surface area contributed by atoms with Crippen LogP contribution < -0.4 is 5.32 Å². The van der Waals surface area contributed by atoms with Crippen molar-refractivity contribution in [2.24, 2.45) is 0 Å². The number of amides is 1. The molecule has 0 aromatic heterocycles. The van der Waals surface area contributed by atoms with Crippen molar-refractivity contribution in [2.45, 2.75) is 20.3 Å². The molecular weight excluding hydrogens is 222 g/mol. The third-order valence-corrected chi connectivity index (χ3v) is 2.84. The van der Waals surface area contributed by atoms with Crippen LogP contribution in [0.1, 0.15) is 18.9 Å². The molecular formula is C16H17NO. The van der Waals surface area contributed by atoms with Crippen LogP contribution in [0.5, 0.6) is 0 Å². The maximum atomic E-state index is 12.1. The molecule has 0 unspecified atom stereocenters. The summed E-state index contributed by atoms with van der Waals surface area (Å²) in [6.45, 7) is 4.02. The van der Waals surface area contributed by atoms with Crippen molar-refractivity contribution in [3.8, 4) is 0 Å². The van der Waals surface area contributed by atoms with Gasteiger partial charge in [-0.3, -0.25) is 4.79 Å².